The third kappa shape index (κ3) is 3.71. The molecule has 1 saturated heterocycles. The number of aliphatic hydroxyl groups is 1. The van der Waals surface area contributed by atoms with Crippen molar-refractivity contribution >= 4 is 21.6 Å². The molecule has 2 atom stereocenters. The van der Waals surface area contributed by atoms with Gasteiger partial charge in [0.25, 0.3) is 0 Å². The fraction of sp³-hybridized carbons (Fsp3) is 0.600. The number of nitrogens with zero attached hydrogens (tertiary/aromatic N) is 1. The number of hydrogen-bond acceptors (Lipinski definition) is 3. The summed E-state index contributed by atoms with van der Waals surface area (Å²) in [5, 5.41) is 13.0. The van der Waals surface area contributed by atoms with Gasteiger partial charge in [-0.15, -0.1) is 0 Å². The van der Waals surface area contributed by atoms with E-state index in [0.29, 0.717) is 5.92 Å². The van der Waals surface area contributed by atoms with Gasteiger partial charge in [-0.3, -0.25) is 0 Å². The van der Waals surface area contributed by atoms with E-state index in [4.69, 9.17) is 0 Å². The predicted octanol–water partition coefficient (Wildman–Crippen LogP) is 2.77. The van der Waals surface area contributed by atoms with E-state index in [0.717, 1.165) is 37.1 Å². The van der Waals surface area contributed by atoms with E-state index in [-0.39, 0.29) is 6.10 Å². The normalized spacial score (nSPS) is 20.8. The summed E-state index contributed by atoms with van der Waals surface area (Å²) in [6.07, 6.45) is 0.871. The number of anilines is 1. The Morgan fingerprint density at radius 2 is 2.32 bits per heavy atom. The van der Waals surface area contributed by atoms with Crippen molar-refractivity contribution in [3.63, 3.8) is 0 Å². The summed E-state index contributed by atoms with van der Waals surface area (Å²) in [7, 11) is 0. The van der Waals surface area contributed by atoms with Crippen molar-refractivity contribution in [1.29, 1.82) is 0 Å². The number of rotatable bonds is 5. The maximum absolute atomic E-state index is 9.67. The minimum atomic E-state index is -0.207. The van der Waals surface area contributed by atoms with E-state index in [2.05, 4.69) is 51.3 Å². The first-order chi connectivity index (χ1) is 9.11. The highest BCUT2D eigenvalue weighted by Crippen LogP contribution is 2.29. The third-order valence-corrected chi connectivity index (χ3v) is 4.61. The van der Waals surface area contributed by atoms with Crippen LogP contribution in [0.2, 0.25) is 0 Å². The largest absolute Gasteiger partial charge is 0.393 e. The van der Waals surface area contributed by atoms with Gasteiger partial charge in [0.15, 0.2) is 0 Å². The summed E-state index contributed by atoms with van der Waals surface area (Å²) < 4.78 is 1.16. The molecule has 0 amide bonds. The standard InChI is InChI=1S/C15H23BrN2O/c1-3-17-9-12-4-5-14(8-15(12)16)18-7-6-13(10-18)11(2)19/h4-5,8,11,13,17,19H,3,6-7,9-10H2,1-2H3. The van der Waals surface area contributed by atoms with Gasteiger partial charge < -0.3 is 15.3 Å². The van der Waals surface area contributed by atoms with Crippen LogP contribution < -0.4 is 10.2 Å². The summed E-state index contributed by atoms with van der Waals surface area (Å²) in [4.78, 5) is 2.36. The Labute approximate surface area is 124 Å². The van der Waals surface area contributed by atoms with Crippen molar-refractivity contribution < 1.29 is 5.11 Å². The van der Waals surface area contributed by atoms with Crippen molar-refractivity contribution in [2.75, 3.05) is 24.5 Å². The van der Waals surface area contributed by atoms with Crippen molar-refractivity contribution in [3.8, 4) is 0 Å². The van der Waals surface area contributed by atoms with Gasteiger partial charge in [0.1, 0.15) is 0 Å². The van der Waals surface area contributed by atoms with Gasteiger partial charge in [-0.1, -0.05) is 28.9 Å². The van der Waals surface area contributed by atoms with Gasteiger partial charge >= 0.3 is 0 Å². The molecule has 2 N–H and O–H groups in total. The molecule has 0 aliphatic carbocycles. The molecular weight excluding hydrogens is 304 g/mol. The van der Waals surface area contributed by atoms with Gasteiger partial charge in [0, 0.05) is 35.7 Å². The quantitative estimate of drug-likeness (QED) is 0.873. The molecule has 0 spiro atoms. The zero-order chi connectivity index (χ0) is 13.8. The number of hydrogen-bond donors (Lipinski definition) is 2. The zero-order valence-corrected chi connectivity index (χ0v) is 13.3. The SMILES string of the molecule is CCNCc1ccc(N2CCC(C(C)O)C2)cc1Br. The van der Waals surface area contributed by atoms with Crippen LogP contribution in [0, 0.1) is 5.92 Å². The molecule has 106 valence electrons. The molecule has 1 aromatic rings. The molecule has 3 nitrogen and oxygen atoms in total. The first-order valence-electron chi connectivity index (χ1n) is 7.04. The van der Waals surface area contributed by atoms with Crippen LogP contribution in [0.5, 0.6) is 0 Å². The second kappa shape index (κ2) is 6.73. The lowest BCUT2D eigenvalue weighted by Gasteiger charge is -2.20. The van der Waals surface area contributed by atoms with Gasteiger partial charge in [-0.2, -0.15) is 0 Å². The highest BCUT2D eigenvalue weighted by atomic mass is 79.9. The maximum atomic E-state index is 9.67. The Morgan fingerprint density at radius 3 is 2.89 bits per heavy atom. The second-order valence-electron chi connectivity index (χ2n) is 5.29. The Balaban J connectivity index is 2.04. The molecule has 1 heterocycles. The van der Waals surface area contributed by atoms with E-state index in [1.165, 1.54) is 11.3 Å². The fourth-order valence-electron chi connectivity index (χ4n) is 2.55. The summed E-state index contributed by atoms with van der Waals surface area (Å²) in [6.45, 7) is 7.88. The molecular formula is C15H23BrN2O. The molecule has 1 aromatic carbocycles. The smallest absolute Gasteiger partial charge is 0.0557 e. The Bertz CT molecular complexity index is 423. The lowest BCUT2D eigenvalue weighted by molar-refractivity contribution is 0.136. The van der Waals surface area contributed by atoms with Gasteiger partial charge in [0.2, 0.25) is 0 Å². The van der Waals surface area contributed by atoms with Crippen molar-refractivity contribution in [3.05, 3.63) is 28.2 Å². The molecule has 0 saturated carbocycles. The van der Waals surface area contributed by atoms with E-state index in [1.807, 2.05) is 6.92 Å². The molecule has 0 aromatic heterocycles. The van der Waals surface area contributed by atoms with Gasteiger partial charge in [0.05, 0.1) is 6.10 Å². The first kappa shape index (κ1) is 14.8. The first-order valence-corrected chi connectivity index (χ1v) is 7.83. The lowest BCUT2D eigenvalue weighted by Crippen LogP contribution is -2.24. The molecule has 19 heavy (non-hydrogen) atoms. The molecule has 0 radical (unpaired) electrons. The third-order valence-electron chi connectivity index (χ3n) is 3.87. The van der Waals surface area contributed by atoms with Gasteiger partial charge in [-0.05, 0) is 37.6 Å². The summed E-state index contributed by atoms with van der Waals surface area (Å²) in [5.41, 5.74) is 2.53. The van der Waals surface area contributed by atoms with E-state index < -0.39 is 0 Å². The van der Waals surface area contributed by atoms with Crippen LogP contribution in [-0.4, -0.2) is 30.8 Å². The van der Waals surface area contributed by atoms with E-state index in [1.54, 1.807) is 0 Å². The van der Waals surface area contributed by atoms with Gasteiger partial charge in [-0.25, -0.2) is 0 Å². The lowest BCUT2D eigenvalue weighted by atomic mass is 10.0. The number of aliphatic hydroxyl groups excluding tert-OH is 1. The predicted molar refractivity (Wildman–Crippen MR) is 83.5 cm³/mol. The average molecular weight is 327 g/mol. The number of benzene rings is 1. The van der Waals surface area contributed by atoms with Crippen LogP contribution in [0.25, 0.3) is 0 Å². The summed E-state index contributed by atoms with van der Waals surface area (Å²) in [6, 6.07) is 6.55. The Morgan fingerprint density at radius 1 is 1.53 bits per heavy atom. The van der Waals surface area contributed by atoms with Crippen LogP contribution in [0.1, 0.15) is 25.8 Å². The molecule has 1 fully saturated rings. The fourth-order valence-corrected chi connectivity index (χ4v) is 3.06. The second-order valence-corrected chi connectivity index (χ2v) is 6.15. The highest BCUT2D eigenvalue weighted by Gasteiger charge is 2.26. The maximum Gasteiger partial charge on any atom is 0.0557 e. The van der Waals surface area contributed by atoms with Crippen LogP contribution in [-0.2, 0) is 6.54 Å². The van der Waals surface area contributed by atoms with Crippen LogP contribution >= 0.6 is 15.9 Å². The molecule has 1 aliphatic rings. The minimum absolute atomic E-state index is 0.207. The zero-order valence-electron chi connectivity index (χ0n) is 11.7. The van der Waals surface area contributed by atoms with Crippen LogP contribution in [0.15, 0.2) is 22.7 Å². The summed E-state index contributed by atoms with van der Waals surface area (Å²) >= 11 is 3.65. The van der Waals surface area contributed by atoms with Crippen molar-refractivity contribution in [1.82, 2.24) is 5.32 Å². The van der Waals surface area contributed by atoms with Crippen molar-refractivity contribution in [2.24, 2.45) is 5.92 Å². The monoisotopic (exact) mass is 326 g/mol. The molecule has 0 bridgehead atoms. The van der Waals surface area contributed by atoms with E-state index in [9.17, 15) is 5.11 Å². The number of halogens is 1. The molecule has 2 rings (SSSR count). The summed E-state index contributed by atoms with van der Waals surface area (Å²) in [5.74, 6) is 0.403. The number of nitrogens with one attached hydrogen (secondary N) is 1. The van der Waals surface area contributed by atoms with Crippen LogP contribution in [0.3, 0.4) is 0 Å². The Kier molecular flexibility index (Phi) is 5.25. The average Bonchev–Trinajstić information content (AvgIpc) is 2.87. The van der Waals surface area contributed by atoms with Crippen LogP contribution in [0.4, 0.5) is 5.69 Å². The minimum Gasteiger partial charge on any atom is -0.393 e. The topological polar surface area (TPSA) is 35.5 Å². The Hall–Kier alpha value is -0.580. The molecule has 1 aliphatic heterocycles. The molecule has 2 unspecified atom stereocenters. The van der Waals surface area contributed by atoms with Crippen molar-refractivity contribution in [2.45, 2.75) is 32.9 Å². The molecule has 4 heteroatoms. The highest BCUT2D eigenvalue weighted by molar-refractivity contribution is 9.10. The van der Waals surface area contributed by atoms with E-state index >= 15 is 0 Å².